The summed E-state index contributed by atoms with van der Waals surface area (Å²) in [6, 6.07) is 13.6. The fraction of sp³-hybridized carbons (Fsp3) is 0.269. The molecule has 35 heavy (non-hydrogen) atoms. The molecule has 1 heterocycles. The Labute approximate surface area is 203 Å². The molecule has 0 saturated heterocycles. The molecule has 5 N–H and O–H groups in total. The van der Waals surface area contributed by atoms with Crippen LogP contribution in [0.2, 0.25) is 0 Å². The molecule has 0 aliphatic rings. The Morgan fingerprint density at radius 2 is 1.89 bits per heavy atom. The first kappa shape index (κ1) is 25.5. The second-order valence-corrected chi connectivity index (χ2v) is 7.81. The zero-order valence-corrected chi connectivity index (χ0v) is 19.4. The van der Waals surface area contributed by atoms with Gasteiger partial charge in [0.1, 0.15) is 12.6 Å². The van der Waals surface area contributed by atoms with E-state index >= 15 is 0 Å². The van der Waals surface area contributed by atoms with Gasteiger partial charge >= 0.3 is 0 Å². The number of hydrogen-bond donors (Lipinski definition) is 5. The number of H-pyrrole nitrogens is 1. The summed E-state index contributed by atoms with van der Waals surface area (Å²) in [5.41, 5.74) is 4.70. The van der Waals surface area contributed by atoms with Crippen LogP contribution >= 0.6 is 0 Å². The highest BCUT2D eigenvalue weighted by atomic mass is 16.5. The average molecular weight is 477 g/mol. The smallest absolute Gasteiger partial charge is 0.251 e. The van der Waals surface area contributed by atoms with Crippen LogP contribution in [0.5, 0.6) is 0 Å². The zero-order valence-electron chi connectivity index (χ0n) is 19.4. The number of nitrogens with one attached hydrogen (secondary N) is 4. The Bertz CT molecular complexity index is 1220. The number of fused-ring (bicyclic) bond motifs is 1. The van der Waals surface area contributed by atoms with Crippen LogP contribution in [0.4, 0.5) is 0 Å². The van der Waals surface area contributed by atoms with E-state index in [4.69, 9.17) is 9.94 Å². The predicted octanol–water partition coefficient (Wildman–Crippen LogP) is 1.91. The van der Waals surface area contributed by atoms with Crippen LogP contribution in [0, 0.1) is 11.8 Å². The van der Waals surface area contributed by atoms with Gasteiger partial charge in [0.15, 0.2) is 0 Å². The predicted molar refractivity (Wildman–Crippen MR) is 131 cm³/mol. The van der Waals surface area contributed by atoms with Crippen molar-refractivity contribution in [2.75, 3.05) is 20.3 Å². The molecule has 0 bridgehead atoms. The summed E-state index contributed by atoms with van der Waals surface area (Å²) in [5, 5.41) is 15.4. The maximum Gasteiger partial charge on any atom is 0.251 e. The molecule has 0 aliphatic carbocycles. The van der Waals surface area contributed by atoms with E-state index in [1.807, 2.05) is 30.5 Å². The minimum Gasteiger partial charge on any atom is -0.372 e. The molecule has 0 saturated carbocycles. The molecule has 3 amide bonds. The molecule has 2 aromatic carbocycles. The number of carbonyl (C=O) groups excluding carboxylic acids is 3. The third-order valence-electron chi connectivity index (χ3n) is 5.37. The first-order chi connectivity index (χ1) is 17.0. The van der Waals surface area contributed by atoms with Crippen molar-refractivity contribution in [3.05, 3.63) is 71.4 Å². The molecule has 9 nitrogen and oxygen atoms in total. The van der Waals surface area contributed by atoms with Crippen molar-refractivity contribution < 1.29 is 24.3 Å². The number of rotatable bonds is 10. The Hall–Kier alpha value is -4.13. The summed E-state index contributed by atoms with van der Waals surface area (Å²) in [4.78, 5) is 40.3. The summed E-state index contributed by atoms with van der Waals surface area (Å²) >= 11 is 0. The van der Waals surface area contributed by atoms with E-state index in [2.05, 4.69) is 27.5 Å². The highest BCUT2D eigenvalue weighted by molar-refractivity contribution is 5.97. The van der Waals surface area contributed by atoms with E-state index < -0.39 is 23.8 Å². The fourth-order valence-electron chi connectivity index (χ4n) is 3.54. The molecule has 9 heteroatoms. The van der Waals surface area contributed by atoms with Crippen molar-refractivity contribution >= 4 is 28.6 Å². The van der Waals surface area contributed by atoms with E-state index in [9.17, 15) is 14.4 Å². The molecule has 3 aromatic rings. The van der Waals surface area contributed by atoms with Crippen LogP contribution in [0.1, 0.15) is 34.3 Å². The van der Waals surface area contributed by atoms with Gasteiger partial charge in [0.05, 0.1) is 0 Å². The largest absolute Gasteiger partial charge is 0.372 e. The quantitative estimate of drug-likeness (QED) is 0.173. The van der Waals surface area contributed by atoms with Gasteiger partial charge in [-0.15, -0.1) is 0 Å². The molecule has 0 aliphatic heterocycles. The summed E-state index contributed by atoms with van der Waals surface area (Å²) in [5.74, 6) is 4.24. The van der Waals surface area contributed by atoms with Gasteiger partial charge in [-0.3, -0.25) is 19.6 Å². The average Bonchev–Trinajstić information content (AvgIpc) is 3.29. The molecule has 0 spiro atoms. The van der Waals surface area contributed by atoms with Gasteiger partial charge in [0, 0.05) is 48.3 Å². The van der Waals surface area contributed by atoms with Gasteiger partial charge in [-0.05, 0) is 48.7 Å². The van der Waals surface area contributed by atoms with E-state index in [-0.39, 0.29) is 12.8 Å². The van der Waals surface area contributed by atoms with E-state index in [0.717, 1.165) is 22.0 Å². The number of methoxy groups -OCH3 is 1. The SMILES string of the molecule is COCC#Cc1ccc(C(=O)N[C@@H](CCC(=O)NO)C(=O)NCCc2c[nH]c3ccccc23)cc1. The molecule has 0 radical (unpaired) electrons. The monoisotopic (exact) mass is 476 g/mol. The van der Waals surface area contributed by atoms with Crippen LogP contribution in [0.3, 0.4) is 0 Å². The second kappa shape index (κ2) is 12.9. The summed E-state index contributed by atoms with van der Waals surface area (Å²) < 4.78 is 4.89. The van der Waals surface area contributed by atoms with Gasteiger partial charge in [-0.1, -0.05) is 30.0 Å². The molecule has 0 unspecified atom stereocenters. The van der Waals surface area contributed by atoms with Crippen molar-refractivity contribution in [3.8, 4) is 11.8 Å². The lowest BCUT2D eigenvalue weighted by atomic mass is 10.1. The minimum atomic E-state index is -0.955. The number of para-hydroxylation sites is 1. The van der Waals surface area contributed by atoms with Crippen molar-refractivity contribution in [2.24, 2.45) is 0 Å². The van der Waals surface area contributed by atoms with Crippen molar-refractivity contribution in [1.82, 2.24) is 21.1 Å². The topological polar surface area (TPSA) is 133 Å². The molecule has 1 aromatic heterocycles. The van der Waals surface area contributed by atoms with Crippen LogP contribution in [0.25, 0.3) is 10.9 Å². The first-order valence-electron chi connectivity index (χ1n) is 11.2. The lowest BCUT2D eigenvalue weighted by molar-refractivity contribution is -0.129. The highest BCUT2D eigenvalue weighted by Gasteiger charge is 2.22. The number of hydroxylamine groups is 1. The maximum atomic E-state index is 12.8. The molecular weight excluding hydrogens is 448 g/mol. The van der Waals surface area contributed by atoms with E-state index in [1.54, 1.807) is 36.9 Å². The van der Waals surface area contributed by atoms with E-state index in [0.29, 0.717) is 25.1 Å². The lowest BCUT2D eigenvalue weighted by Gasteiger charge is -2.18. The lowest BCUT2D eigenvalue weighted by Crippen LogP contribution is -2.47. The van der Waals surface area contributed by atoms with Gasteiger partial charge in [-0.2, -0.15) is 0 Å². The third kappa shape index (κ3) is 7.43. The Balaban J connectivity index is 1.61. The standard InChI is InChI=1S/C26H28N4O5/c1-35-16-4-5-18-8-10-19(11-9-18)25(32)29-23(12-13-24(31)30-34)26(33)27-15-14-20-17-28-22-7-3-2-6-21(20)22/h2-3,6-11,17,23,28,34H,12-16H2,1H3,(H,27,33)(H,29,32)(H,30,31)/t23-/m0/s1. The van der Waals surface area contributed by atoms with Gasteiger partial charge in [0.25, 0.3) is 5.91 Å². The van der Waals surface area contributed by atoms with Crippen molar-refractivity contribution in [1.29, 1.82) is 0 Å². The van der Waals surface area contributed by atoms with Crippen LogP contribution in [0.15, 0.2) is 54.7 Å². The van der Waals surface area contributed by atoms with E-state index in [1.165, 1.54) is 0 Å². The Kier molecular flexibility index (Phi) is 9.42. The normalized spacial score (nSPS) is 11.3. The number of aromatic amines is 1. The summed E-state index contributed by atoms with van der Waals surface area (Å²) in [6.45, 7) is 0.662. The number of amides is 3. The third-order valence-corrected chi connectivity index (χ3v) is 5.37. The molecule has 182 valence electrons. The second-order valence-electron chi connectivity index (χ2n) is 7.81. The number of aromatic nitrogens is 1. The fourth-order valence-corrected chi connectivity index (χ4v) is 3.54. The highest BCUT2D eigenvalue weighted by Crippen LogP contribution is 2.17. The van der Waals surface area contributed by atoms with Gasteiger partial charge < -0.3 is 20.4 Å². The molecule has 0 fully saturated rings. The van der Waals surface area contributed by atoms with Gasteiger partial charge in [0.2, 0.25) is 11.8 Å². The number of ether oxygens (including phenoxy) is 1. The first-order valence-corrected chi connectivity index (χ1v) is 11.2. The molecular formula is C26H28N4O5. The van der Waals surface area contributed by atoms with Crippen LogP contribution in [-0.4, -0.2) is 54.2 Å². The van der Waals surface area contributed by atoms with Crippen LogP contribution in [-0.2, 0) is 20.7 Å². The van der Waals surface area contributed by atoms with Crippen LogP contribution < -0.4 is 16.1 Å². The Morgan fingerprint density at radius 3 is 2.63 bits per heavy atom. The number of carbonyl (C=O) groups is 3. The minimum absolute atomic E-state index is 0.0254. The van der Waals surface area contributed by atoms with Gasteiger partial charge in [-0.25, -0.2) is 5.48 Å². The number of benzene rings is 2. The molecule has 1 atom stereocenters. The van der Waals surface area contributed by atoms with Crippen molar-refractivity contribution in [3.63, 3.8) is 0 Å². The number of hydrogen-bond acceptors (Lipinski definition) is 5. The zero-order chi connectivity index (χ0) is 25.0. The summed E-state index contributed by atoms with van der Waals surface area (Å²) in [6.07, 6.45) is 2.40. The Morgan fingerprint density at radius 1 is 1.11 bits per heavy atom. The summed E-state index contributed by atoms with van der Waals surface area (Å²) in [7, 11) is 1.56. The maximum absolute atomic E-state index is 12.8. The van der Waals surface area contributed by atoms with Crippen molar-refractivity contribution in [2.45, 2.75) is 25.3 Å². The molecule has 3 rings (SSSR count).